The number of anilines is 2. The highest BCUT2D eigenvalue weighted by Gasteiger charge is 2.20. The number of azo groups is 2. The molecule has 0 fully saturated rings. The lowest BCUT2D eigenvalue weighted by atomic mass is 10.0. The van der Waals surface area contributed by atoms with Crippen LogP contribution in [-0.2, 0) is 4.79 Å². The monoisotopic (exact) mass is 818 g/mol. The number of amides is 2. The van der Waals surface area contributed by atoms with Gasteiger partial charge < -0.3 is 30.7 Å². The van der Waals surface area contributed by atoms with Crippen molar-refractivity contribution in [3.63, 3.8) is 0 Å². The fraction of sp³-hybridized carbons (Fsp3) is 0.0811. The zero-order valence-electron chi connectivity index (χ0n) is 28.1. The maximum absolute atomic E-state index is 13.2. The van der Waals surface area contributed by atoms with Gasteiger partial charge in [0.15, 0.2) is 11.5 Å². The van der Waals surface area contributed by atoms with Gasteiger partial charge in [0.2, 0.25) is 6.41 Å². The van der Waals surface area contributed by atoms with E-state index in [1.807, 2.05) is 0 Å². The van der Waals surface area contributed by atoms with Crippen molar-refractivity contribution in [2.45, 2.75) is 28.5 Å². The number of phenols is 3. The number of thiol groups is 3. The molecule has 0 unspecified atom stereocenters. The lowest BCUT2D eigenvalue weighted by molar-refractivity contribution is -0.105. The summed E-state index contributed by atoms with van der Waals surface area (Å²) in [5.74, 6) is -1.34. The number of halogens is 2. The first-order chi connectivity index (χ1) is 25.8. The molecule has 12 nitrogen and oxygen atoms in total. The minimum Gasteiger partial charge on any atom is -0.506 e. The summed E-state index contributed by atoms with van der Waals surface area (Å²) in [5.41, 5.74) is 1.32. The third-order valence-corrected chi connectivity index (χ3v) is 9.72. The second-order valence-corrected chi connectivity index (χ2v) is 13.9. The molecule has 274 valence electrons. The summed E-state index contributed by atoms with van der Waals surface area (Å²) in [7, 11) is 0. The zero-order chi connectivity index (χ0) is 38.8. The highest BCUT2D eigenvalue weighted by atomic mass is 35.5. The van der Waals surface area contributed by atoms with Crippen LogP contribution in [0.1, 0.15) is 22.8 Å². The van der Waals surface area contributed by atoms with Gasteiger partial charge in [0.05, 0.1) is 33.6 Å². The van der Waals surface area contributed by atoms with Crippen LogP contribution in [-0.4, -0.2) is 34.2 Å². The summed E-state index contributed by atoms with van der Waals surface area (Å²) < 4.78 is 5.77. The molecule has 0 bridgehead atoms. The Morgan fingerprint density at radius 1 is 0.815 bits per heavy atom. The number of nitrogens with one attached hydrogen (secondary N) is 2. The third-order valence-electron chi connectivity index (χ3n) is 8.04. The molecule has 0 radical (unpaired) electrons. The molecule has 54 heavy (non-hydrogen) atoms. The number of phenolic OH excluding ortho intramolecular Hbond substituents is 3. The van der Waals surface area contributed by atoms with Crippen molar-refractivity contribution in [2.24, 2.45) is 20.5 Å². The predicted octanol–water partition coefficient (Wildman–Crippen LogP) is 11.6. The van der Waals surface area contributed by atoms with Crippen LogP contribution in [0.3, 0.4) is 0 Å². The van der Waals surface area contributed by atoms with Crippen LogP contribution in [0.15, 0.2) is 102 Å². The van der Waals surface area contributed by atoms with Crippen LogP contribution >= 0.6 is 61.1 Å². The van der Waals surface area contributed by atoms with Crippen molar-refractivity contribution >= 4 is 129 Å². The molecule has 6 rings (SSSR count). The molecule has 17 heteroatoms. The van der Waals surface area contributed by atoms with E-state index in [9.17, 15) is 24.9 Å². The average molecular weight is 820 g/mol. The van der Waals surface area contributed by atoms with Gasteiger partial charge in [0.1, 0.15) is 34.2 Å². The quantitative estimate of drug-likeness (QED) is 0.0387. The molecule has 0 aliphatic heterocycles. The van der Waals surface area contributed by atoms with Crippen molar-refractivity contribution in [2.75, 3.05) is 17.2 Å². The van der Waals surface area contributed by atoms with Crippen LogP contribution in [0.5, 0.6) is 23.0 Å². The molecule has 0 aliphatic rings. The molecule has 0 aromatic heterocycles. The summed E-state index contributed by atoms with van der Waals surface area (Å²) in [6.07, 6.45) is 0.478. The molecule has 0 saturated carbocycles. The number of fused-ring (bicyclic) bond motifs is 2. The van der Waals surface area contributed by atoms with Crippen LogP contribution in [0.4, 0.5) is 34.1 Å². The van der Waals surface area contributed by atoms with Gasteiger partial charge >= 0.3 is 0 Å². The van der Waals surface area contributed by atoms with E-state index in [1.165, 1.54) is 18.2 Å². The fourth-order valence-electron chi connectivity index (χ4n) is 5.67. The highest BCUT2D eigenvalue weighted by molar-refractivity contribution is 7.80. The van der Waals surface area contributed by atoms with E-state index in [1.54, 1.807) is 62.4 Å². The Morgan fingerprint density at radius 3 is 2.15 bits per heavy atom. The maximum Gasteiger partial charge on any atom is 0.257 e. The lowest BCUT2D eigenvalue weighted by Crippen LogP contribution is -2.13. The van der Waals surface area contributed by atoms with E-state index in [-0.39, 0.29) is 83.9 Å². The van der Waals surface area contributed by atoms with Crippen LogP contribution in [0, 0.1) is 6.92 Å². The Labute approximate surface area is 334 Å². The summed E-state index contributed by atoms with van der Waals surface area (Å²) in [6, 6.07) is 17.2. The number of benzene rings is 6. The summed E-state index contributed by atoms with van der Waals surface area (Å²) in [6.45, 7) is 3.67. The number of hydrogen-bond acceptors (Lipinski definition) is 13. The van der Waals surface area contributed by atoms with Crippen molar-refractivity contribution in [1.82, 2.24) is 0 Å². The summed E-state index contributed by atoms with van der Waals surface area (Å²) >= 11 is 25.7. The minimum absolute atomic E-state index is 0.00378. The van der Waals surface area contributed by atoms with Crippen molar-refractivity contribution in [3.8, 4) is 23.0 Å². The van der Waals surface area contributed by atoms with Crippen LogP contribution < -0.4 is 15.4 Å². The second-order valence-electron chi connectivity index (χ2n) is 11.6. The number of rotatable bonds is 10. The lowest BCUT2D eigenvalue weighted by Gasteiger charge is -2.15. The topological polar surface area (TPSA) is 178 Å². The number of carbonyl (C=O) groups excluding carboxylic acids is 2. The molecule has 0 aliphatic carbocycles. The Hall–Kier alpha value is -5.19. The van der Waals surface area contributed by atoms with Gasteiger partial charge in [-0.2, -0.15) is 0 Å². The van der Waals surface area contributed by atoms with E-state index in [0.717, 1.165) is 0 Å². The number of hydrogen-bond donors (Lipinski definition) is 8. The first-order valence-electron chi connectivity index (χ1n) is 15.8. The smallest absolute Gasteiger partial charge is 0.257 e. The Morgan fingerprint density at radius 2 is 1.44 bits per heavy atom. The van der Waals surface area contributed by atoms with E-state index in [2.05, 4.69) is 69.0 Å². The Balaban J connectivity index is 1.37. The zero-order valence-corrected chi connectivity index (χ0v) is 32.3. The molecule has 0 atom stereocenters. The van der Waals surface area contributed by atoms with Crippen LogP contribution in [0.25, 0.3) is 21.5 Å². The number of ether oxygens (including phenoxy) is 1. The van der Waals surface area contributed by atoms with E-state index in [4.69, 9.17) is 27.9 Å². The SMILES string of the molecule is CCOc1cc(N=Nc2c(C)cc3cc(S)cc(NC(=O)c4cccc(Cl)c4Cl)c3c2O)c(O)cc1N=Nc1c(S)cc2cc(S)cc(NC=O)c2c1O. The predicted molar refractivity (Wildman–Crippen MR) is 219 cm³/mol. The molecule has 2 amide bonds. The molecule has 5 N–H and O–H groups in total. The number of aromatic hydroxyl groups is 3. The first-order valence-corrected chi connectivity index (χ1v) is 17.9. The minimum atomic E-state index is -0.565. The molecule has 0 spiro atoms. The highest BCUT2D eigenvalue weighted by Crippen LogP contribution is 2.48. The largest absolute Gasteiger partial charge is 0.506 e. The number of aryl methyl sites for hydroxylation is 1. The molecule has 0 saturated heterocycles. The van der Waals surface area contributed by atoms with Gasteiger partial charge in [-0.1, -0.05) is 29.3 Å². The van der Waals surface area contributed by atoms with Gasteiger partial charge in [-0.05, 0) is 78.7 Å². The number of carbonyl (C=O) groups is 2. The Kier molecular flexibility index (Phi) is 11.4. The molecular formula is C37H28Cl2N6O6S3. The summed E-state index contributed by atoms with van der Waals surface area (Å²) in [4.78, 5) is 25.8. The van der Waals surface area contributed by atoms with Gasteiger partial charge in [-0.15, -0.1) is 58.3 Å². The number of nitrogens with zero attached hydrogens (tertiary/aromatic N) is 4. The van der Waals surface area contributed by atoms with Crippen molar-refractivity contribution < 1.29 is 29.6 Å². The fourth-order valence-corrected chi connectivity index (χ4v) is 6.88. The molecule has 6 aromatic carbocycles. The standard InChI is InChI=1S/C37H28Cl2N6O6S3/c1-3-51-28-14-23(27(47)13-24(28)43-45-34-29(54)10-18-9-19(52)11-25(40-15-46)30(18)36(34)49)42-44-33-16(2)7-17-8-20(53)12-26(31(17)35(33)48)41-37(50)21-5-4-6-22(38)32(21)39/h4-15,47-49,52-54H,3H2,1-2H3,(H,40,46)(H,41,50). The molecular weight excluding hydrogens is 792 g/mol. The van der Waals surface area contributed by atoms with E-state index in [0.29, 0.717) is 43.6 Å². The van der Waals surface area contributed by atoms with Crippen molar-refractivity contribution in [3.05, 3.63) is 87.9 Å². The third kappa shape index (κ3) is 7.72. The van der Waals surface area contributed by atoms with E-state index < -0.39 is 5.91 Å². The second kappa shape index (κ2) is 16.0. The first kappa shape index (κ1) is 38.5. The Bertz CT molecular complexity index is 2590. The van der Waals surface area contributed by atoms with Gasteiger partial charge in [0, 0.05) is 37.6 Å². The van der Waals surface area contributed by atoms with Gasteiger partial charge in [0.25, 0.3) is 5.91 Å². The summed E-state index contributed by atoms with van der Waals surface area (Å²) in [5, 5.41) is 57.9. The van der Waals surface area contributed by atoms with E-state index >= 15 is 0 Å². The molecule has 6 aromatic rings. The normalized spacial score (nSPS) is 11.5. The average Bonchev–Trinajstić information content (AvgIpc) is 3.10. The van der Waals surface area contributed by atoms with Gasteiger partial charge in [-0.25, -0.2) is 0 Å². The van der Waals surface area contributed by atoms with Crippen LogP contribution in [0.2, 0.25) is 10.0 Å². The maximum atomic E-state index is 13.2. The van der Waals surface area contributed by atoms with Gasteiger partial charge in [-0.3, -0.25) is 9.59 Å². The molecule has 0 heterocycles. The van der Waals surface area contributed by atoms with Crippen molar-refractivity contribution in [1.29, 1.82) is 0 Å².